The van der Waals surface area contributed by atoms with Crippen LogP contribution in [0.2, 0.25) is 0 Å². The number of nitrogens with two attached hydrogens (primary N) is 1. The molecule has 0 aliphatic carbocycles. The van der Waals surface area contributed by atoms with Crippen molar-refractivity contribution in [2.75, 3.05) is 13.1 Å². The Kier molecular flexibility index (Phi) is 5.51. The van der Waals surface area contributed by atoms with E-state index in [2.05, 4.69) is 26.1 Å². The van der Waals surface area contributed by atoms with Crippen LogP contribution in [-0.2, 0) is 0 Å². The zero-order chi connectivity index (χ0) is 8.85. The second kappa shape index (κ2) is 5.56. The summed E-state index contributed by atoms with van der Waals surface area (Å²) in [6, 6.07) is 0.273. The first-order valence-corrected chi connectivity index (χ1v) is 4.50. The molecule has 0 spiro atoms. The lowest BCUT2D eigenvalue weighted by Crippen LogP contribution is -2.34. The minimum atomic E-state index is 0.273. The molecular formula is C9H22N2. The van der Waals surface area contributed by atoms with Gasteiger partial charge in [-0.2, -0.15) is 0 Å². The molecule has 2 heteroatoms. The van der Waals surface area contributed by atoms with E-state index in [9.17, 15) is 0 Å². The third-order valence-electron chi connectivity index (χ3n) is 2.07. The lowest BCUT2D eigenvalue weighted by Gasteiger charge is -2.16. The van der Waals surface area contributed by atoms with Gasteiger partial charge >= 0.3 is 0 Å². The molecule has 0 aromatic heterocycles. The fourth-order valence-corrected chi connectivity index (χ4v) is 0.774. The maximum atomic E-state index is 5.59. The number of rotatable bonds is 5. The fourth-order valence-electron chi connectivity index (χ4n) is 0.774. The van der Waals surface area contributed by atoms with Crippen LogP contribution in [0.1, 0.15) is 27.7 Å². The van der Waals surface area contributed by atoms with Gasteiger partial charge in [-0.25, -0.2) is 0 Å². The van der Waals surface area contributed by atoms with E-state index in [1.54, 1.807) is 0 Å². The molecule has 68 valence electrons. The molecule has 0 amide bonds. The van der Waals surface area contributed by atoms with E-state index in [1.807, 2.05) is 6.92 Å². The average molecular weight is 158 g/mol. The first-order valence-electron chi connectivity index (χ1n) is 4.50. The van der Waals surface area contributed by atoms with E-state index in [0.717, 1.165) is 24.9 Å². The van der Waals surface area contributed by atoms with Gasteiger partial charge in [0.2, 0.25) is 0 Å². The maximum Gasteiger partial charge on any atom is 0.0136 e. The summed E-state index contributed by atoms with van der Waals surface area (Å²) >= 11 is 0. The molecular weight excluding hydrogens is 136 g/mol. The molecule has 0 fully saturated rings. The van der Waals surface area contributed by atoms with Crippen LogP contribution in [0.5, 0.6) is 0 Å². The molecule has 2 nitrogen and oxygen atoms in total. The summed E-state index contributed by atoms with van der Waals surface area (Å²) in [5.74, 6) is 1.50. The van der Waals surface area contributed by atoms with Gasteiger partial charge in [-0.3, -0.25) is 0 Å². The minimum Gasteiger partial charge on any atom is -0.327 e. The Bertz CT molecular complexity index is 89.6. The number of hydrogen-bond donors (Lipinski definition) is 2. The summed E-state index contributed by atoms with van der Waals surface area (Å²) in [6.45, 7) is 10.8. The lowest BCUT2D eigenvalue weighted by atomic mass is 9.98. The van der Waals surface area contributed by atoms with Crippen molar-refractivity contribution in [2.45, 2.75) is 33.7 Å². The third kappa shape index (κ3) is 6.32. The van der Waals surface area contributed by atoms with E-state index in [-0.39, 0.29) is 6.04 Å². The summed E-state index contributed by atoms with van der Waals surface area (Å²) in [5, 5.41) is 3.34. The van der Waals surface area contributed by atoms with Gasteiger partial charge in [0, 0.05) is 12.6 Å². The molecule has 0 aliphatic rings. The van der Waals surface area contributed by atoms with Gasteiger partial charge in [-0.15, -0.1) is 0 Å². The highest BCUT2D eigenvalue weighted by molar-refractivity contribution is 4.63. The molecule has 2 unspecified atom stereocenters. The first-order chi connectivity index (χ1) is 5.04. The van der Waals surface area contributed by atoms with Crippen LogP contribution in [0.25, 0.3) is 0 Å². The van der Waals surface area contributed by atoms with Crippen LogP contribution in [0.4, 0.5) is 0 Å². The topological polar surface area (TPSA) is 38.0 Å². The zero-order valence-electron chi connectivity index (χ0n) is 8.22. The summed E-state index contributed by atoms with van der Waals surface area (Å²) in [4.78, 5) is 0. The van der Waals surface area contributed by atoms with Crippen LogP contribution < -0.4 is 11.1 Å². The normalized spacial score (nSPS) is 16.9. The van der Waals surface area contributed by atoms with Crippen molar-refractivity contribution in [3.05, 3.63) is 0 Å². The largest absolute Gasteiger partial charge is 0.327 e. The van der Waals surface area contributed by atoms with Gasteiger partial charge in [0.25, 0.3) is 0 Å². The Morgan fingerprint density at radius 2 is 1.64 bits per heavy atom. The van der Waals surface area contributed by atoms with Gasteiger partial charge in [0.15, 0.2) is 0 Å². The molecule has 0 aromatic rings. The smallest absolute Gasteiger partial charge is 0.0136 e. The van der Waals surface area contributed by atoms with E-state index in [0.29, 0.717) is 0 Å². The molecule has 0 aromatic carbocycles. The lowest BCUT2D eigenvalue weighted by molar-refractivity contribution is 0.389. The second-order valence-corrected chi connectivity index (χ2v) is 3.86. The summed E-state index contributed by atoms with van der Waals surface area (Å²) < 4.78 is 0. The Hall–Kier alpha value is -0.0800. The predicted octanol–water partition coefficient (Wildman–Crippen LogP) is 1.22. The highest BCUT2D eigenvalue weighted by atomic mass is 14.9. The second-order valence-electron chi connectivity index (χ2n) is 3.86. The van der Waals surface area contributed by atoms with E-state index in [1.165, 1.54) is 0 Å². The SMILES string of the molecule is CC(N)CNCC(C)C(C)C. The zero-order valence-corrected chi connectivity index (χ0v) is 8.22. The van der Waals surface area contributed by atoms with Crippen molar-refractivity contribution in [3.63, 3.8) is 0 Å². The molecule has 0 saturated carbocycles. The number of hydrogen-bond acceptors (Lipinski definition) is 2. The summed E-state index contributed by atoms with van der Waals surface area (Å²) in [6.07, 6.45) is 0. The highest BCUT2D eigenvalue weighted by Gasteiger charge is 2.05. The number of nitrogens with one attached hydrogen (secondary N) is 1. The highest BCUT2D eigenvalue weighted by Crippen LogP contribution is 2.07. The molecule has 2 atom stereocenters. The summed E-state index contributed by atoms with van der Waals surface area (Å²) in [5.41, 5.74) is 5.59. The van der Waals surface area contributed by atoms with Crippen LogP contribution in [0.15, 0.2) is 0 Å². The van der Waals surface area contributed by atoms with Crippen LogP contribution in [0.3, 0.4) is 0 Å². The molecule has 0 heterocycles. The Labute approximate surface area is 70.5 Å². The van der Waals surface area contributed by atoms with E-state index < -0.39 is 0 Å². The van der Waals surface area contributed by atoms with Crippen molar-refractivity contribution >= 4 is 0 Å². The van der Waals surface area contributed by atoms with Crippen molar-refractivity contribution in [2.24, 2.45) is 17.6 Å². The Morgan fingerprint density at radius 3 is 2.00 bits per heavy atom. The fraction of sp³-hybridized carbons (Fsp3) is 1.00. The Balaban J connectivity index is 3.24. The molecule has 3 N–H and O–H groups in total. The van der Waals surface area contributed by atoms with Crippen molar-refractivity contribution < 1.29 is 0 Å². The molecule has 0 rings (SSSR count). The van der Waals surface area contributed by atoms with Gasteiger partial charge in [-0.05, 0) is 25.3 Å². The van der Waals surface area contributed by atoms with Crippen molar-refractivity contribution in [1.29, 1.82) is 0 Å². The van der Waals surface area contributed by atoms with E-state index >= 15 is 0 Å². The molecule has 11 heavy (non-hydrogen) atoms. The first kappa shape index (κ1) is 10.9. The minimum absolute atomic E-state index is 0.273. The third-order valence-corrected chi connectivity index (χ3v) is 2.07. The predicted molar refractivity (Wildman–Crippen MR) is 50.5 cm³/mol. The average Bonchev–Trinajstić information content (AvgIpc) is 1.86. The van der Waals surface area contributed by atoms with Crippen LogP contribution in [0, 0.1) is 11.8 Å². The van der Waals surface area contributed by atoms with Gasteiger partial charge < -0.3 is 11.1 Å². The van der Waals surface area contributed by atoms with Crippen LogP contribution >= 0.6 is 0 Å². The van der Waals surface area contributed by atoms with Gasteiger partial charge in [-0.1, -0.05) is 20.8 Å². The monoisotopic (exact) mass is 158 g/mol. The molecule has 0 bridgehead atoms. The van der Waals surface area contributed by atoms with Gasteiger partial charge in [0.05, 0.1) is 0 Å². The molecule has 0 aliphatic heterocycles. The standard InChI is InChI=1S/C9H22N2/c1-7(2)8(3)5-11-6-9(4)10/h7-9,11H,5-6,10H2,1-4H3. The molecule has 0 radical (unpaired) electrons. The molecule has 0 saturated heterocycles. The van der Waals surface area contributed by atoms with Crippen molar-refractivity contribution in [3.8, 4) is 0 Å². The van der Waals surface area contributed by atoms with Crippen molar-refractivity contribution in [1.82, 2.24) is 5.32 Å². The summed E-state index contributed by atoms with van der Waals surface area (Å²) in [7, 11) is 0. The van der Waals surface area contributed by atoms with Gasteiger partial charge in [0.1, 0.15) is 0 Å². The van der Waals surface area contributed by atoms with E-state index in [4.69, 9.17) is 5.73 Å². The Morgan fingerprint density at radius 1 is 1.09 bits per heavy atom. The van der Waals surface area contributed by atoms with Crippen LogP contribution in [-0.4, -0.2) is 19.1 Å². The quantitative estimate of drug-likeness (QED) is 0.631. The maximum absolute atomic E-state index is 5.59.